The molecule has 1 rings (SSSR count). The van der Waals surface area contributed by atoms with Crippen LogP contribution in [0.3, 0.4) is 0 Å². The van der Waals surface area contributed by atoms with Crippen molar-refractivity contribution >= 4 is 0 Å². The number of hydrazine groups is 1. The first-order chi connectivity index (χ1) is 8.27. The Hall–Kier alpha value is -0.860. The summed E-state index contributed by atoms with van der Waals surface area (Å²) in [6, 6.07) is 8.90. The Morgan fingerprint density at radius 3 is 2.59 bits per heavy atom. The van der Waals surface area contributed by atoms with E-state index >= 15 is 0 Å². The van der Waals surface area contributed by atoms with Crippen LogP contribution in [-0.4, -0.2) is 0 Å². The minimum absolute atomic E-state index is 0.302. The number of nitrogens with one attached hydrogen (secondary N) is 1. The van der Waals surface area contributed by atoms with Crippen LogP contribution in [0.2, 0.25) is 0 Å². The maximum absolute atomic E-state index is 5.65. The van der Waals surface area contributed by atoms with Crippen LogP contribution in [0.1, 0.15) is 62.6 Å². The SMILES string of the molecule is CCCCCCCC(NN)c1cccc(C)c1. The Kier molecular flexibility index (Phi) is 6.90. The van der Waals surface area contributed by atoms with Crippen molar-refractivity contribution in [1.29, 1.82) is 0 Å². The number of rotatable bonds is 8. The van der Waals surface area contributed by atoms with Crippen LogP contribution < -0.4 is 11.3 Å². The molecule has 0 bridgehead atoms. The molecule has 0 saturated heterocycles. The van der Waals surface area contributed by atoms with E-state index in [2.05, 4.69) is 43.5 Å². The summed E-state index contributed by atoms with van der Waals surface area (Å²) in [6.07, 6.45) is 7.70. The molecular formula is C15H26N2. The maximum Gasteiger partial charge on any atom is 0.0460 e. The summed E-state index contributed by atoms with van der Waals surface area (Å²) in [6.45, 7) is 4.37. The molecule has 0 heterocycles. The van der Waals surface area contributed by atoms with Crippen LogP contribution in [0.15, 0.2) is 24.3 Å². The van der Waals surface area contributed by atoms with Gasteiger partial charge in [-0.15, -0.1) is 0 Å². The van der Waals surface area contributed by atoms with Crippen LogP contribution in [0, 0.1) is 6.92 Å². The van der Waals surface area contributed by atoms with Crippen LogP contribution in [0.25, 0.3) is 0 Å². The van der Waals surface area contributed by atoms with Gasteiger partial charge in [0.15, 0.2) is 0 Å². The minimum atomic E-state index is 0.302. The second-order valence-electron chi connectivity index (χ2n) is 4.84. The highest BCUT2D eigenvalue weighted by Crippen LogP contribution is 2.20. The van der Waals surface area contributed by atoms with Gasteiger partial charge in [0.05, 0.1) is 0 Å². The summed E-state index contributed by atoms with van der Waals surface area (Å²) in [5.74, 6) is 5.65. The zero-order valence-corrected chi connectivity index (χ0v) is 11.2. The highest BCUT2D eigenvalue weighted by Gasteiger charge is 2.08. The van der Waals surface area contributed by atoms with Crippen molar-refractivity contribution in [2.75, 3.05) is 0 Å². The van der Waals surface area contributed by atoms with Crippen LogP contribution in [0.4, 0.5) is 0 Å². The molecule has 0 saturated carbocycles. The number of hydrogen-bond acceptors (Lipinski definition) is 2. The first-order valence-corrected chi connectivity index (χ1v) is 6.80. The van der Waals surface area contributed by atoms with Gasteiger partial charge in [0.1, 0.15) is 0 Å². The average Bonchev–Trinajstić information content (AvgIpc) is 2.34. The third kappa shape index (κ3) is 5.33. The fourth-order valence-corrected chi connectivity index (χ4v) is 2.19. The molecule has 1 unspecified atom stereocenters. The van der Waals surface area contributed by atoms with Crippen molar-refractivity contribution in [1.82, 2.24) is 5.43 Å². The molecule has 0 amide bonds. The van der Waals surface area contributed by atoms with Gasteiger partial charge < -0.3 is 0 Å². The largest absolute Gasteiger partial charge is 0.271 e. The molecule has 0 aliphatic carbocycles. The van der Waals surface area contributed by atoms with Crippen LogP contribution in [0.5, 0.6) is 0 Å². The lowest BCUT2D eigenvalue weighted by Crippen LogP contribution is -2.28. The van der Waals surface area contributed by atoms with Crippen molar-refractivity contribution < 1.29 is 0 Å². The predicted molar refractivity (Wildman–Crippen MR) is 74.6 cm³/mol. The van der Waals surface area contributed by atoms with Gasteiger partial charge in [0, 0.05) is 6.04 Å². The lowest BCUT2D eigenvalue weighted by Gasteiger charge is -2.16. The molecule has 0 spiro atoms. The number of unbranched alkanes of at least 4 members (excludes halogenated alkanes) is 4. The zero-order valence-electron chi connectivity index (χ0n) is 11.2. The van der Waals surface area contributed by atoms with Gasteiger partial charge in [-0.3, -0.25) is 11.3 Å². The summed E-state index contributed by atoms with van der Waals surface area (Å²) in [5, 5.41) is 0. The van der Waals surface area contributed by atoms with Crippen molar-refractivity contribution in [2.24, 2.45) is 5.84 Å². The van der Waals surface area contributed by atoms with Crippen LogP contribution in [-0.2, 0) is 0 Å². The van der Waals surface area contributed by atoms with E-state index in [-0.39, 0.29) is 0 Å². The summed E-state index contributed by atoms with van der Waals surface area (Å²) in [4.78, 5) is 0. The van der Waals surface area contributed by atoms with Gasteiger partial charge in [0.25, 0.3) is 0 Å². The molecule has 17 heavy (non-hydrogen) atoms. The Labute approximate surface area is 106 Å². The van der Waals surface area contributed by atoms with Gasteiger partial charge in [-0.2, -0.15) is 0 Å². The van der Waals surface area contributed by atoms with Gasteiger partial charge in [-0.1, -0.05) is 68.9 Å². The van der Waals surface area contributed by atoms with E-state index in [0.29, 0.717) is 6.04 Å². The highest BCUT2D eigenvalue weighted by molar-refractivity contribution is 5.24. The summed E-state index contributed by atoms with van der Waals surface area (Å²) in [5.41, 5.74) is 5.54. The van der Waals surface area contributed by atoms with Crippen molar-refractivity contribution in [3.63, 3.8) is 0 Å². The quantitative estimate of drug-likeness (QED) is 0.407. The number of benzene rings is 1. The lowest BCUT2D eigenvalue weighted by molar-refractivity contribution is 0.479. The molecule has 0 radical (unpaired) electrons. The third-order valence-corrected chi connectivity index (χ3v) is 3.24. The Balaban J connectivity index is 2.38. The van der Waals surface area contributed by atoms with Crippen molar-refractivity contribution in [2.45, 2.75) is 58.4 Å². The highest BCUT2D eigenvalue weighted by atomic mass is 15.2. The summed E-state index contributed by atoms with van der Waals surface area (Å²) in [7, 11) is 0. The molecule has 0 aliphatic rings. The normalized spacial score (nSPS) is 12.6. The molecule has 1 aromatic rings. The van der Waals surface area contributed by atoms with Gasteiger partial charge >= 0.3 is 0 Å². The molecular weight excluding hydrogens is 208 g/mol. The molecule has 1 aromatic carbocycles. The monoisotopic (exact) mass is 234 g/mol. The van der Waals surface area contributed by atoms with Crippen LogP contribution >= 0.6 is 0 Å². The van der Waals surface area contributed by atoms with E-state index in [1.807, 2.05) is 0 Å². The molecule has 3 N–H and O–H groups in total. The molecule has 1 atom stereocenters. The Morgan fingerprint density at radius 1 is 1.18 bits per heavy atom. The fraction of sp³-hybridized carbons (Fsp3) is 0.600. The topological polar surface area (TPSA) is 38.0 Å². The van der Waals surface area contributed by atoms with E-state index in [4.69, 9.17) is 5.84 Å². The fourth-order valence-electron chi connectivity index (χ4n) is 2.19. The Bertz CT molecular complexity index is 310. The maximum atomic E-state index is 5.65. The number of aryl methyl sites for hydroxylation is 1. The summed E-state index contributed by atoms with van der Waals surface area (Å²) < 4.78 is 0. The second-order valence-corrected chi connectivity index (χ2v) is 4.84. The summed E-state index contributed by atoms with van der Waals surface area (Å²) >= 11 is 0. The average molecular weight is 234 g/mol. The first kappa shape index (κ1) is 14.2. The molecule has 2 nitrogen and oxygen atoms in total. The van der Waals surface area contributed by atoms with Crippen molar-refractivity contribution in [3.05, 3.63) is 35.4 Å². The van der Waals surface area contributed by atoms with E-state index < -0.39 is 0 Å². The molecule has 0 fully saturated rings. The van der Waals surface area contributed by atoms with Gasteiger partial charge in [0.2, 0.25) is 0 Å². The number of nitrogens with two attached hydrogens (primary N) is 1. The molecule has 0 aliphatic heterocycles. The van der Waals surface area contributed by atoms with E-state index in [9.17, 15) is 0 Å². The van der Waals surface area contributed by atoms with Crippen molar-refractivity contribution in [3.8, 4) is 0 Å². The Morgan fingerprint density at radius 2 is 1.94 bits per heavy atom. The molecule has 0 aromatic heterocycles. The van der Waals surface area contributed by atoms with E-state index in [0.717, 1.165) is 6.42 Å². The van der Waals surface area contributed by atoms with Gasteiger partial charge in [-0.25, -0.2) is 0 Å². The lowest BCUT2D eigenvalue weighted by atomic mass is 9.99. The third-order valence-electron chi connectivity index (χ3n) is 3.24. The second kappa shape index (κ2) is 8.26. The standard InChI is InChI=1S/C15H26N2/c1-3-4-5-6-7-11-15(17-16)14-10-8-9-13(2)12-14/h8-10,12,15,17H,3-7,11,16H2,1-2H3. The number of hydrogen-bond donors (Lipinski definition) is 2. The van der Waals surface area contributed by atoms with E-state index in [1.54, 1.807) is 0 Å². The van der Waals surface area contributed by atoms with Gasteiger partial charge in [-0.05, 0) is 18.9 Å². The predicted octanol–water partition coefficient (Wildman–Crippen LogP) is 3.86. The first-order valence-electron chi connectivity index (χ1n) is 6.80. The minimum Gasteiger partial charge on any atom is -0.271 e. The molecule has 2 heteroatoms. The zero-order chi connectivity index (χ0) is 12.5. The smallest absolute Gasteiger partial charge is 0.0460 e. The molecule has 96 valence electrons. The van der Waals surface area contributed by atoms with E-state index in [1.165, 1.54) is 43.2 Å².